The maximum Gasteiger partial charge on any atom is 0.134 e. The molecule has 1 heterocycles. The van der Waals surface area contributed by atoms with E-state index in [2.05, 4.69) is 28.8 Å². The Morgan fingerprint density at radius 3 is 2.93 bits per heavy atom. The summed E-state index contributed by atoms with van der Waals surface area (Å²) in [6, 6.07) is 1.89. The minimum absolute atomic E-state index is 0.172. The fraction of sp³-hybridized carbons (Fsp3) is 0.455. The van der Waals surface area contributed by atoms with E-state index in [-0.39, 0.29) is 6.04 Å². The van der Waals surface area contributed by atoms with Gasteiger partial charge in [-0.2, -0.15) is 0 Å². The Kier molecular flexibility index (Phi) is 4.56. The van der Waals surface area contributed by atoms with Crippen molar-refractivity contribution in [3.63, 3.8) is 0 Å². The van der Waals surface area contributed by atoms with E-state index in [4.69, 9.17) is 11.6 Å². The average molecular weight is 226 g/mol. The number of nitrogens with zero attached hydrogens (tertiary/aromatic N) is 2. The Morgan fingerprint density at radius 1 is 1.60 bits per heavy atom. The van der Waals surface area contributed by atoms with Crippen LogP contribution >= 0.6 is 11.6 Å². The maximum atomic E-state index is 5.90. The van der Waals surface area contributed by atoms with Gasteiger partial charge >= 0.3 is 0 Å². The van der Waals surface area contributed by atoms with E-state index in [0.717, 1.165) is 24.5 Å². The van der Waals surface area contributed by atoms with Crippen LogP contribution in [0.2, 0.25) is 5.15 Å². The number of nitrogens with one attached hydrogen (secondary N) is 1. The second-order valence-corrected chi connectivity index (χ2v) is 3.80. The monoisotopic (exact) mass is 225 g/mol. The molecule has 1 unspecified atom stereocenters. The number of rotatable bonds is 5. The molecule has 1 aromatic rings. The number of aromatic nitrogens is 2. The van der Waals surface area contributed by atoms with E-state index in [9.17, 15) is 0 Å². The summed E-state index contributed by atoms with van der Waals surface area (Å²) in [6.45, 7) is 7.79. The van der Waals surface area contributed by atoms with E-state index in [1.54, 1.807) is 6.07 Å². The van der Waals surface area contributed by atoms with E-state index in [1.807, 2.05) is 13.0 Å². The predicted molar refractivity (Wildman–Crippen MR) is 64.3 cm³/mol. The van der Waals surface area contributed by atoms with Gasteiger partial charge in [0.1, 0.15) is 16.8 Å². The molecule has 0 spiro atoms. The highest BCUT2D eigenvalue weighted by molar-refractivity contribution is 6.29. The first-order chi connectivity index (χ1) is 7.15. The Balaban J connectivity index is 2.83. The lowest BCUT2D eigenvalue weighted by Gasteiger charge is -2.10. The van der Waals surface area contributed by atoms with Gasteiger partial charge in [0.15, 0.2) is 0 Å². The highest BCUT2D eigenvalue weighted by atomic mass is 35.5. The standard InChI is InChI=1S/C11H16ClN3/c1-4-6-10-14-9(12)7-11(15-10)13-8(3)5-2/h5,7-8H,2,4,6H2,1,3H3,(H,13,14,15). The molecule has 1 atom stereocenters. The summed E-state index contributed by atoms with van der Waals surface area (Å²) in [5.74, 6) is 1.54. The van der Waals surface area contributed by atoms with Crippen molar-refractivity contribution in [3.05, 3.63) is 29.7 Å². The number of hydrogen-bond acceptors (Lipinski definition) is 3. The van der Waals surface area contributed by atoms with Crippen LogP contribution in [0.1, 0.15) is 26.1 Å². The smallest absolute Gasteiger partial charge is 0.134 e. The van der Waals surface area contributed by atoms with Gasteiger partial charge in [-0.15, -0.1) is 6.58 Å². The van der Waals surface area contributed by atoms with Crippen molar-refractivity contribution in [1.82, 2.24) is 9.97 Å². The summed E-state index contributed by atoms with van der Waals surface area (Å²) in [5, 5.41) is 3.66. The maximum absolute atomic E-state index is 5.90. The third kappa shape index (κ3) is 3.88. The molecule has 1 N–H and O–H groups in total. The molecule has 1 rings (SSSR count). The van der Waals surface area contributed by atoms with Crippen molar-refractivity contribution < 1.29 is 0 Å². The Labute approximate surface area is 95.6 Å². The summed E-state index contributed by atoms with van der Waals surface area (Å²) < 4.78 is 0. The first-order valence-corrected chi connectivity index (χ1v) is 5.46. The third-order valence-corrected chi connectivity index (χ3v) is 2.14. The number of anilines is 1. The molecule has 0 aromatic carbocycles. The lowest BCUT2D eigenvalue weighted by molar-refractivity contribution is 0.830. The molecule has 0 fully saturated rings. The van der Waals surface area contributed by atoms with Crippen LogP contribution in [0, 0.1) is 0 Å². The molecule has 4 heteroatoms. The molecule has 0 saturated carbocycles. The van der Waals surface area contributed by atoms with Crippen LogP contribution in [-0.2, 0) is 6.42 Å². The zero-order valence-corrected chi connectivity index (χ0v) is 9.88. The molecule has 0 aliphatic carbocycles. The Bertz CT molecular complexity index is 339. The van der Waals surface area contributed by atoms with Gasteiger partial charge in [-0.25, -0.2) is 9.97 Å². The Hall–Kier alpha value is -1.09. The van der Waals surface area contributed by atoms with E-state index in [0.29, 0.717) is 5.15 Å². The number of hydrogen-bond donors (Lipinski definition) is 1. The molecule has 0 aliphatic rings. The van der Waals surface area contributed by atoms with Crippen molar-refractivity contribution >= 4 is 17.4 Å². The molecule has 3 nitrogen and oxygen atoms in total. The summed E-state index contributed by atoms with van der Waals surface area (Å²) in [7, 11) is 0. The molecule has 0 saturated heterocycles. The first-order valence-electron chi connectivity index (χ1n) is 5.08. The van der Waals surface area contributed by atoms with Gasteiger partial charge in [0.25, 0.3) is 0 Å². The normalized spacial score (nSPS) is 12.2. The minimum Gasteiger partial charge on any atom is -0.364 e. The van der Waals surface area contributed by atoms with E-state index < -0.39 is 0 Å². The molecule has 0 amide bonds. The quantitative estimate of drug-likeness (QED) is 0.618. The molecule has 82 valence electrons. The van der Waals surface area contributed by atoms with Gasteiger partial charge in [-0.1, -0.05) is 24.6 Å². The van der Waals surface area contributed by atoms with Crippen molar-refractivity contribution in [1.29, 1.82) is 0 Å². The van der Waals surface area contributed by atoms with E-state index in [1.165, 1.54) is 0 Å². The van der Waals surface area contributed by atoms with Gasteiger partial charge in [0.2, 0.25) is 0 Å². The number of halogens is 1. The fourth-order valence-corrected chi connectivity index (χ4v) is 1.37. The van der Waals surface area contributed by atoms with Gasteiger partial charge < -0.3 is 5.32 Å². The van der Waals surface area contributed by atoms with Gasteiger partial charge in [0, 0.05) is 18.5 Å². The molecule has 1 aromatic heterocycles. The van der Waals surface area contributed by atoms with Gasteiger partial charge in [-0.05, 0) is 13.3 Å². The first kappa shape index (κ1) is 12.0. The van der Waals surface area contributed by atoms with Crippen LogP contribution < -0.4 is 5.32 Å². The summed E-state index contributed by atoms with van der Waals surface area (Å²) in [5.41, 5.74) is 0. The zero-order valence-electron chi connectivity index (χ0n) is 9.13. The van der Waals surface area contributed by atoms with Gasteiger partial charge in [-0.3, -0.25) is 0 Å². The fourth-order valence-electron chi connectivity index (χ4n) is 1.17. The summed E-state index contributed by atoms with van der Waals surface area (Å²) in [6.07, 6.45) is 3.67. The van der Waals surface area contributed by atoms with E-state index >= 15 is 0 Å². The zero-order chi connectivity index (χ0) is 11.3. The minimum atomic E-state index is 0.172. The molecule has 15 heavy (non-hydrogen) atoms. The van der Waals surface area contributed by atoms with Gasteiger partial charge in [0.05, 0.1) is 0 Å². The van der Waals surface area contributed by atoms with Crippen molar-refractivity contribution in [2.24, 2.45) is 0 Å². The van der Waals surface area contributed by atoms with Crippen LogP contribution in [0.4, 0.5) is 5.82 Å². The molecule has 0 aliphatic heterocycles. The van der Waals surface area contributed by atoms with Crippen molar-refractivity contribution in [3.8, 4) is 0 Å². The summed E-state index contributed by atoms with van der Waals surface area (Å²) in [4.78, 5) is 8.50. The topological polar surface area (TPSA) is 37.8 Å². The van der Waals surface area contributed by atoms with Crippen LogP contribution in [0.25, 0.3) is 0 Å². The highest BCUT2D eigenvalue weighted by Crippen LogP contribution is 2.13. The highest BCUT2D eigenvalue weighted by Gasteiger charge is 2.03. The van der Waals surface area contributed by atoms with Crippen LogP contribution in [-0.4, -0.2) is 16.0 Å². The number of aryl methyl sites for hydroxylation is 1. The van der Waals surface area contributed by atoms with Crippen molar-refractivity contribution in [2.75, 3.05) is 5.32 Å². The van der Waals surface area contributed by atoms with Crippen LogP contribution in [0.5, 0.6) is 0 Å². The average Bonchev–Trinajstić information content (AvgIpc) is 2.17. The lowest BCUT2D eigenvalue weighted by atomic mass is 10.3. The SMILES string of the molecule is C=CC(C)Nc1cc(Cl)nc(CCC)n1. The molecular weight excluding hydrogens is 210 g/mol. The molecular formula is C11H16ClN3. The van der Waals surface area contributed by atoms with Crippen LogP contribution in [0.3, 0.4) is 0 Å². The second-order valence-electron chi connectivity index (χ2n) is 3.41. The molecule has 0 bridgehead atoms. The summed E-state index contributed by atoms with van der Waals surface area (Å²) >= 11 is 5.90. The van der Waals surface area contributed by atoms with Crippen molar-refractivity contribution in [2.45, 2.75) is 32.7 Å². The Morgan fingerprint density at radius 2 is 2.33 bits per heavy atom. The van der Waals surface area contributed by atoms with Crippen LogP contribution in [0.15, 0.2) is 18.7 Å². The lowest BCUT2D eigenvalue weighted by Crippen LogP contribution is -2.13. The molecule has 0 radical (unpaired) electrons. The second kappa shape index (κ2) is 5.71. The predicted octanol–water partition coefficient (Wildman–Crippen LogP) is 3.07. The third-order valence-electron chi connectivity index (χ3n) is 1.94. The largest absolute Gasteiger partial charge is 0.364 e.